The Morgan fingerprint density at radius 3 is 2.22 bits per heavy atom. The van der Waals surface area contributed by atoms with Crippen molar-refractivity contribution < 1.29 is 18.8 Å². The second kappa shape index (κ2) is 7.20. The van der Waals surface area contributed by atoms with Gasteiger partial charge < -0.3 is 4.90 Å². The van der Waals surface area contributed by atoms with Gasteiger partial charge in [-0.2, -0.15) is 0 Å². The van der Waals surface area contributed by atoms with Crippen molar-refractivity contribution in [2.45, 2.75) is 59.0 Å². The van der Waals surface area contributed by atoms with Crippen LogP contribution in [-0.2, 0) is 14.4 Å². The van der Waals surface area contributed by atoms with E-state index >= 15 is 0 Å². The van der Waals surface area contributed by atoms with Crippen molar-refractivity contribution >= 4 is 17.5 Å². The van der Waals surface area contributed by atoms with Gasteiger partial charge in [-0.25, -0.2) is 4.39 Å². The summed E-state index contributed by atoms with van der Waals surface area (Å²) in [4.78, 5) is 38.2. The number of amides is 1. The molecule has 1 amide bonds. The summed E-state index contributed by atoms with van der Waals surface area (Å²) in [6.07, 6.45) is 1.32. The van der Waals surface area contributed by atoms with Crippen molar-refractivity contribution in [2.24, 2.45) is 0 Å². The fraction of sp³-hybridized carbons (Fsp3) is 0.611. The second-order valence-corrected chi connectivity index (χ2v) is 6.42. The number of nitrogens with zero attached hydrogens (tertiary/aromatic N) is 1. The van der Waals surface area contributed by atoms with Crippen LogP contribution in [-0.4, -0.2) is 41.6 Å². The van der Waals surface area contributed by atoms with Gasteiger partial charge in [-0.1, -0.05) is 0 Å². The zero-order valence-electron chi connectivity index (χ0n) is 14.1. The monoisotopic (exact) mass is 321 g/mol. The van der Waals surface area contributed by atoms with E-state index in [1.165, 1.54) is 0 Å². The number of hydrogen-bond donors (Lipinski definition) is 0. The highest BCUT2D eigenvalue weighted by Gasteiger charge is 2.28. The lowest BCUT2D eigenvalue weighted by molar-refractivity contribution is -0.132. The summed E-state index contributed by atoms with van der Waals surface area (Å²) >= 11 is 0. The molecular formula is C18H24FNO3. The molecule has 1 aliphatic carbocycles. The number of likely N-dealkylation sites (tertiary alicyclic amines) is 1. The smallest absolute Gasteiger partial charge is 0.222 e. The highest BCUT2D eigenvalue weighted by atomic mass is 19.1. The quantitative estimate of drug-likeness (QED) is 0.748. The first-order chi connectivity index (χ1) is 10.8. The van der Waals surface area contributed by atoms with Gasteiger partial charge in [0.05, 0.1) is 0 Å². The van der Waals surface area contributed by atoms with Crippen molar-refractivity contribution in [1.29, 1.82) is 0 Å². The summed E-state index contributed by atoms with van der Waals surface area (Å²) in [5, 5.41) is 0. The number of ketones is 2. The van der Waals surface area contributed by atoms with Crippen molar-refractivity contribution in [3.8, 4) is 0 Å². The van der Waals surface area contributed by atoms with Crippen LogP contribution >= 0.6 is 0 Å². The van der Waals surface area contributed by atoms with Crippen molar-refractivity contribution in [3.63, 3.8) is 0 Å². The molecule has 4 nitrogen and oxygen atoms in total. The van der Waals surface area contributed by atoms with E-state index in [0.717, 1.165) is 0 Å². The number of halogens is 1. The summed E-state index contributed by atoms with van der Waals surface area (Å²) < 4.78 is 13.1. The van der Waals surface area contributed by atoms with Crippen molar-refractivity contribution in [2.75, 3.05) is 13.1 Å². The molecule has 1 fully saturated rings. The molecule has 0 aromatic heterocycles. The predicted molar refractivity (Wildman–Crippen MR) is 85.6 cm³/mol. The summed E-state index contributed by atoms with van der Waals surface area (Å²) in [5.74, 6) is -0.146. The van der Waals surface area contributed by atoms with Crippen LogP contribution in [0.25, 0.3) is 0 Å². The molecule has 2 rings (SSSR count). The lowest BCUT2D eigenvalue weighted by atomic mass is 9.84. The van der Waals surface area contributed by atoms with Gasteiger partial charge >= 0.3 is 0 Å². The lowest BCUT2D eigenvalue weighted by Gasteiger charge is -2.28. The number of piperidine rings is 1. The first-order valence-electron chi connectivity index (χ1n) is 8.21. The maximum atomic E-state index is 13.1. The molecule has 0 bridgehead atoms. The zero-order chi connectivity index (χ0) is 17.1. The molecule has 1 aliphatic heterocycles. The number of allylic oxidation sites excluding steroid dienone is 4. The second-order valence-electron chi connectivity index (χ2n) is 6.42. The molecule has 0 N–H and O–H groups in total. The zero-order valence-corrected chi connectivity index (χ0v) is 14.1. The minimum atomic E-state index is -0.796. The van der Waals surface area contributed by atoms with Crippen LogP contribution in [0.4, 0.5) is 4.39 Å². The van der Waals surface area contributed by atoms with Gasteiger partial charge in [-0.15, -0.1) is 0 Å². The Hall–Kier alpha value is -1.78. The first kappa shape index (κ1) is 17.6. The molecule has 0 aromatic carbocycles. The minimum absolute atomic E-state index is 0.00758. The Labute approximate surface area is 136 Å². The van der Waals surface area contributed by atoms with Gasteiger partial charge in [0.25, 0.3) is 0 Å². The van der Waals surface area contributed by atoms with Gasteiger partial charge in [-0.05, 0) is 46.5 Å². The summed E-state index contributed by atoms with van der Waals surface area (Å²) in [6.45, 7) is 5.97. The van der Waals surface area contributed by atoms with E-state index in [1.54, 1.807) is 25.7 Å². The van der Waals surface area contributed by atoms with E-state index in [9.17, 15) is 18.8 Å². The molecule has 1 saturated heterocycles. The van der Waals surface area contributed by atoms with E-state index in [-0.39, 0.29) is 17.5 Å². The number of carbonyl (C=O) groups is 3. The fourth-order valence-electron chi connectivity index (χ4n) is 3.13. The Kier molecular flexibility index (Phi) is 5.50. The predicted octanol–water partition coefficient (Wildman–Crippen LogP) is 2.92. The van der Waals surface area contributed by atoms with Gasteiger partial charge in [0.15, 0.2) is 11.6 Å². The van der Waals surface area contributed by atoms with Crippen LogP contribution in [0, 0.1) is 0 Å². The van der Waals surface area contributed by atoms with Gasteiger partial charge in [-0.3, -0.25) is 14.4 Å². The molecule has 0 atom stereocenters. The Morgan fingerprint density at radius 2 is 1.61 bits per heavy atom. The minimum Gasteiger partial charge on any atom is -0.342 e. The summed E-state index contributed by atoms with van der Waals surface area (Å²) in [6, 6.07) is 0. The van der Waals surface area contributed by atoms with Crippen LogP contribution in [0.2, 0.25) is 0 Å². The third-order valence-corrected chi connectivity index (χ3v) is 4.91. The maximum Gasteiger partial charge on any atom is 0.222 e. The van der Waals surface area contributed by atoms with E-state index in [0.29, 0.717) is 67.5 Å². The van der Waals surface area contributed by atoms with Crippen LogP contribution in [0.5, 0.6) is 0 Å². The van der Waals surface area contributed by atoms with Gasteiger partial charge in [0.2, 0.25) is 5.91 Å². The van der Waals surface area contributed by atoms with E-state index < -0.39 is 6.17 Å². The molecule has 1 heterocycles. The molecule has 23 heavy (non-hydrogen) atoms. The normalized spacial score (nSPS) is 20.6. The first-order valence-corrected chi connectivity index (χ1v) is 8.21. The van der Waals surface area contributed by atoms with Crippen LogP contribution in [0.15, 0.2) is 22.3 Å². The maximum absolute atomic E-state index is 13.1. The molecule has 0 saturated carbocycles. The number of rotatable bonds is 4. The Morgan fingerprint density at radius 1 is 1.04 bits per heavy atom. The van der Waals surface area contributed by atoms with Crippen LogP contribution in [0.3, 0.4) is 0 Å². The van der Waals surface area contributed by atoms with Crippen molar-refractivity contribution in [1.82, 2.24) is 4.90 Å². The molecule has 126 valence electrons. The SMILES string of the molecule is CC1=C(C)C(=O)C(CCCC(=O)N2CCC(F)CC2)=C(C)C1=O. The van der Waals surface area contributed by atoms with Crippen molar-refractivity contribution in [3.05, 3.63) is 22.3 Å². The lowest BCUT2D eigenvalue weighted by Crippen LogP contribution is -2.38. The molecule has 0 unspecified atom stereocenters. The molecule has 0 spiro atoms. The number of hydrogen-bond acceptors (Lipinski definition) is 3. The number of alkyl halides is 1. The molecule has 0 radical (unpaired) electrons. The average molecular weight is 321 g/mol. The molecule has 2 aliphatic rings. The molecule has 5 heteroatoms. The third-order valence-electron chi connectivity index (χ3n) is 4.91. The van der Waals surface area contributed by atoms with E-state index in [2.05, 4.69) is 0 Å². The van der Waals surface area contributed by atoms with E-state index in [1.807, 2.05) is 0 Å². The molecular weight excluding hydrogens is 297 g/mol. The summed E-state index contributed by atoms with van der Waals surface area (Å²) in [5.41, 5.74) is 2.06. The summed E-state index contributed by atoms with van der Waals surface area (Å²) in [7, 11) is 0. The van der Waals surface area contributed by atoms with Gasteiger partial charge in [0, 0.05) is 41.8 Å². The highest BCUT2D eigenvalue weighted by molar-refractivity contribution is 6.24. The highest BCUT2D eigenvalue weighted by Crippen LogP contribution is 2.27. The average Bonchev–Trinajstić information content (AvgIpc) is 2.54. The van der Waals surface area contributed by atoms with Gasteiger partial charge in [0.1, 0.15) is 6.17 Å². The third kappa shape index (κ3) is 3.77. The Balaban J connectivity index is 1.90. The Bertz CT molecular complexity index is 595. The van der Waals surface area contributed by atoms with E-state index in [4.69, 9.17) is 0 Å². The number of carbonyl (C=O) groups excluding carboxylic acids is 3. The van der Waals surface area contributed by atoms with Crippen LogP contribution in [0.1, 0.15) is 52.9 Å². The standard InChI is InChI=1S/C18H24FNO3/c1-11-12(2)18(23)15(13(3)17(11)22)5-4-6-16(21)20-9-7-14(19)8-10-20/h14H,4-10H2,1-3H3. The molecule has 0 aromatic rings. The largest absolute Gasteiger partial charge is 0.342 e. The van der Waals surface area contributed by atoms with Crippen LogP contribution < -0.4 is 0 Å². The fourth-order valence-corrected chi connectivity index (χ4v) is 3.13. The topological polar surface area (TPSA) is 54.5 Å². The number of Topliss-reactive ketones (excluding diaryl/α,β-unsaturated/α-hetero) is 2.